The summed E-state index contributed by atoms with van der Waals surface area (Å²) in [6.45, 7) is 4.05. The SMILES string of the molecule is Cc1nc(CN2CCCC2c2ccsc2)nc2ccccc12. The summed E-state index contributed by atoms with van der Waals surface area (Å²) in [6, 6.07) is 11.0. The van der Waals surface area contributed by atoms with Crippen LogP contribution in [0.1, 0.15) is 36.0 Å². The average Bonchev–Trinajstić information content (AvgIpc) is 3.18. The molecular weight excluding hydrogens is 290 g/mol. The molecule has 1 atom stereocenters. The zero-order valence-electron chi connectivity index (χ0n) is 12.7. The first-order chi connectivity index (χ1) is 10.8. The molecule has 1 saturated heterocycles. The maximum atomic E-state index is 4.77. The first-order valence-corrected chi connectivity index (χ1v) is 8.74. The minimum absolute atomic E-state index is 0.529. The molecule has 1 unspecified atom stereocenters. The molecule has 1 aromatic carbocycles. The lowest BCUT2D eigenvalue weighted by molar-refractivity contribution is 0.243. The van der Waals surface area contributed by atoms with Crippen LogP contribution in [-0.2, 0) is 6.54 Å². The largest absolute Gasteiger partial charge is 0.289 e. The lowest BCUT2D eigenvalue weighted by Gasteiger charge is -2.23. The molecule has 2 aromatic heterocycles. The minimum atomic E-state index is 0.529. The van der Waals surface area contributed by atoms with Gasteiger partial charge in [0, 0.05) is 17.1 Å². The summed E-state index contributed by atoms with van der Waals surface area (Å²) in [5.41, 5.74) is 3.57. The number of para-hydroxylation sites is 1. The maximum Gasteiger partial charge on any atom is 0.143 e. The van der Waals surface area contributed by atoms with Crippen LogP contribution in [0, 0.1) is 6.92 Å². The molecule has 4 heteroatoms. The molecule has 0 saturated carbocycles. The van der Waals surface area contributed by atoms with E-state index in [1.807, 2.05) is 12.1 Å². The molecule has 0 spiro atoms. The number of aromatic nitrogens is 2. The van der Waals surface area contributed by atoms with Crippen molar-refractivity contribution in [2.24, 2.45) is 0 Å². The van der Waals surface area contributed by atoms with E-state index in [1.54, 1.807) is 11.3 Å². The van der Waals surface area contributed by atoms with Gasteiger partial charge in [0.15, 0.2) is 0 Å². The molecule has 22 heavy (non-hydrogen) atoms. The topological polar surface area (TPSA) is 29.0 Å². The highest BCUT2D eigenvalue weighted by Crippen LogP contribution is 2.33. The molecule has 3 aromatic rings. The molecule has 0 radical (unpaired) electrons. The van der Waals surface area contributed by atoms with Gasteiger partial charge in [0.1, 0.15) is 5.82 Å². The van der Waals surface area contributed by atoms with Crippen molar-refractivity contribution in [3.05, 3.63) is 58.2 Å². The third-order valence-electron chi connectivity index (χ3n) is 4.48. The second-order valence-corrected chi connectivity index (χ2v) is 6.71. The van der Waals surface area contributed by atoms with Crippen molar-refractivity contribution < 1.29 is 0 Å². The van der Waals surface area contributed by atoms with E-state index in [-0.39, 0.29) is 0 Å². The van der Waals surface area contributed by atoms with E-state index in [0.29, 0.717) is 6.04 Å². The van der Waals surface area contributed by atoms with Crippen LogP contribution < -0.4 is 0 Å². The van der Waals surface area contributed by atoms with Gasteiger partial charge >= 0.3 is 0 Å². The van der Waals surface area contributed by atoms with Crippen molar-refractivity contribution in [3.8, 4) is 0 Å². The Morgan fingerprint density at radius 3 is 3.00 bits per heavy atom. The molecule has 1 aliphatic heterocycles. The van der Waals surface area contributed by atoms with Gasteiger partial charge in [-0.1, -0.05) is 18.2 Å². The van der Waals surface area contributed by atoms with Crippen LogP contribution in [0.2, 0.25) is 0 Å². The van der Waals surface area contributed by atoms with Crippen LogP contribution in [0.25, 0.3) is 10.9 Å². The Hall–Kier alpha value is -1.78. The van der Waals surface area contributed by atoms with Crippen LogP contribution in [0.4, 0.5) is 0 Å². The Balaban J connectivity index is 1.63. The van der Waals surface area contributed by atoms with Gasteiger partial charge in [0.25, 0.3) is 0 Å². The number of nitrogens with zero attached hydrogens (tertiary/aromatic N) is 3. The number of aryl methyl sites for hydroxylation is 1. The number of likely N-dealkylation sites (tertiary alicyclic amines) is 1. The molecule has 1 aliphatic rings. The van der Waals surface area contributed by atoms with Crippen LogP contribution >= 0.6 is 11.3 Å². The van der Waals surface area contributed by atoms with Crippen molar-refractivity contribution in [2.45, 2.75) is 32.4 Å². The highest BCUT2D eigenvalue weighted by atomic mass is 32.1. The summed E-state index contributed by atoms with van der Waals surface area (Å²) in [4.78, 5) is 12.0. The van der Waals surface area contributed by atoms with Gasteiger partial charge in [-0.05, 0) is 54.8 Å². The molecule has 3 nitrogen and oxygen atoms in total. The second-order valence-electron chi connectivity index (χ2n) is 5.93. The van der Waals surface area contributed by atoms with Crippen LogP contribution in [0.3, 0.4) is 0 Å². The Morgan fingerprint density at radius 1 is 1.23 bits per heavy atom. The van der Waals surface area contributed by atoms with Crippen molar-refractivity contribution in [3.63, 3.8) is 0 Å². The fourth-order valence-electron chi connectivity index (χ4n) is 3.40. The van der Waals surface area contributed by atoms with E-state index in [0.717, 1.165) is 35.5 Å². The first-order valence-electron chi connectivity index (χ1n) is 7.79. The Bertz CT molecular complexity index is 782. The van der Waals surface area contributed by atoms with Gasteiger partial charge in [0.05, 0.1) is 12.1 Å². The predicted molar refractivity (Wildman–Crippen MR) is 91.0 cm³/mol. The quantitative estimate of drug-likeness (QED) is 0.721. The van der Waals surface area contributed by atoms with E-state index in [1.165, 1.54) is 18.4 Å². The molecule has 4 rings (SSSR count). The predicted octanol–water partition coefficient (Wildman–Crippen LogP) is 4.34. The number of hydrogen-bond acceptors (Lipinski definition) is 4. The smallest absolute Gasteiger partial charge is 0.143 e. The van der Waals surface area contributed by atoms with Gasteiger partial charge in [-0.3, -0.25) is 4.90 Å². The molecule has 0 amide bonds. The van der Waals surface area contributed by atoms with Crippen LogP contribution in [-0.4, -0.2) is 21.4 Å². The zero-order valence-corrected chi connectivity index (χ0v) is 13.5. The minimum Gasteiger partial charge on any atom is -0.289 e. The van der Waals surface area contributed by atoms with Gasteiger partial charge < -0.3 is 0 Å². The normalized spacial score (nSPS) is 19.0. The van der Waals surface area contributed by atoms with Crippen molar-refractivity contribution in [2.75, 3.05) is 6.54 Å². The molecule has 0 aliphatic carbocycles. The van der Waals surface area contributed by atoms with E-state index < -0.39 is 0 Å². The summed E-state index contributed by atoms with van der Waals surface area (Å²) in [6.07, 6.45) is 2.50. The van der Waals surface area contributed by atoms with E-state index in [9.17, 15) is 0 Å². The number of thiophene rings is 1. The van der Waals surface area contributed by atoms with Crippen molar-refractivity contribution >= 4 is 22.2 Å². The van der Waals surface area contributed by atoms with E-state index in [4.69, 9.17) is 9.97 Å². The Labute approximate surface area is 134 Å². The van der Waals surface area contributed by atoms with Crippen molar-refractivity contribution in [1.29, 1.82) is 0 Å². The van der Waals surface area contributed by atoms with Gasteiger partial charge in [-0.15, -0.1) is 0 Å². The summed E-state index contributed by atoms with van der Waals surface area (Å²) in [7, 11) is 0. The standard InChI is InChI=1S/C18H19N3S/c1-13-15-5-2-3-6-16(15)20-18(19-13)11-21-9-4-7-17(21)14-8-10-22-12-14/h2-3,5-6,8,10,12,17H,4,7,9,11H2,1H3. The second kappa shape index (κ2) is 5.78. The number of hydrogen-bond donors (Lipinski definition) is 0. The summed E-state index contributed by atoms with van der Waals surface area (Å²) < 4.78 is 0. The molecule has 3 heterocycles. The number of benzene rings is 1. The zero-order chi connectivity index (χ0) is 14.9. The third-order valence-corrected chi connectivity index (χ3v) is 5.18. The van der Waals surface area contributed by atoms with Crippen LogP contribution in [0.5, 0.6) is 0 Å². The average molecular weight is 309 g/mol. The Kier molecular flexibility index (Phi) is 3.64. The Morgan fingerprint density at radius 2 is 2.14 bits per heavy atom. The van der Waals surface area contributed by atoms with E-state index in [2.05, 4.69) is 40.8 Å². The number of rotatable bonds is 3. The van der Waals surface area contributed by atoms with Gasteiger partial charge in [0.2, 0.25) is 0 Å². The van der Waals surface area contributed by atoms with Crippen molar-refractivity contribution in [1.82, 2.24) is 14.9 Å². The summed E-state index contributed by atoms with van der Waals surface area (Å²) in [5.74, 6) is 0.943. The number of fused-ring (bicyclic) bond motifs is 1. The molecular formula is C18H19N3S. The summed E-state index contributed by atoms with van der Waals surface area (Å²) in [5, 5.41) is 5.60. The molecule has 112 valence electrons. The molecule has 0 bridgehead atoms. The fraction of sp³-hybridized carbons (Fsp3) is 0.333. The first kappa shape index (κ1) is 13.9. The van der Waals surface area contributed by atoms with E-state index >= 15 is 0 Å². The lowest BCUT2D eigenvalue weighted by Crippen LogP contribution is -2.23. The van der Waals surface area contributed by atoms with Gasteiger partial charge in [-0.2, -0.15) is 11.3 Å². The highest BCUT2D eigenvalue weighted by molar-refractivity contribution is 7.07. The molecule has 0 N–H and O–H groups in total. The monoisotopic (exact) mass is 309 g/mol. The lowest BCUT2D eigenvalue weighted by atomic mass is 10.1. The fourth-order valence-corrected chi connectivity index (χ4v) is 4.11. The van der Waals surface area contributed by atoms with Crippen LogP contribution in [0.15, 0.2) is 41.1 Å². The third kappa shape index (κ3) is 2.53. The summed E-state index contributed by atoms with van der Waals surface area (Å²) >= 11 is 1.78. The van der Waals surface area contributed by atoms with Gasteiger partial charge in [-0.25, -0.2) is 9.97 Å². The molecule has 1 fully saturated rings. The maximum absolute atomic E-state index is 4.77. The highest BCUT2D eigenvalue weighted by Gasteiger charge is 2.27.